The Kier molecular flexibility index (Phi) is 3.59. The van der Waals surface area contributed by atoms with Crippen LogP contribution in [0.5, 0.6) is 0 Å². The second-order valence-electron chi connectivity index (χ2n) is 4.54. The summed E-state index contributed by atoms with van der Waals surface area (Å²) in [5, 5.41) is 13.4. The van der Waals surface area contributed by atoms with Crippen LogP contribution < -0.4 is 10.2 Å². The van der Waals surface area contributed by atoms with E-state index in [1.165, 1.54) is 24.3 Å². The Morgan fingerprint density at radius 3 is 2.48 bits per heavy atom. The maximum absolute atomic E-state index is 12.3. The topological polar surface area (TPSA) is 106 Å². The second kappa shape index (κ2) is 5.58. The summed E-state index contributed by atoms with van der Waals surface area (Å²) in [4.78, 5) is 35.1. The molecule has 0 saturated carbocycles. The summed E-state index contributed by atoms with van der Waals surface area (Å²) in [6, 6.07) is 8.01. The van der Waals surface area contributed by atoms with Crippen LogP contribution in [-0.2, 0) is 4.79 Å². The lowest BCUT2D eigenvalue weighted by molar-refractivity contribution is -0.402. The number of carbonyl (C=O) groups is 2. The lowest BCUT2D eigenvalue weighted by atomic mass is 10.3. The number of nitro groups is 1. The highest BCUT2D eigenvalue weighted by molar-refractivity contribution is 6.31. The number of nitrogens with one attached hydrogen (secondary N) is 1. The third kappa shape index (κ3) is 2.79. The summed E-state index contributed by atoms with van der Waals surface area (Å²) in [6.07, 6.45) is 1.23. The van der Waals surface area contributed by atoms with E-state index in [0.29, 0.717) is 10.7 Å². The minimum Gasteiger partial charge on any atom is -0.401 e. The minimum absolute atomic E-state index is 0.0470. The Labute approximate surface area is 134 Å². The Hall–Kier alpha value is -3.13. The number of hydrogen-bond acceptors (Lipinski definition) is 5. The zero-order chi connectivity index (χ0) is 16.6. The van der Waals surface area contributed by atoms with Crippen molar-refractivity contribution < 1.29 is 18.9 Å². The summed E-state index contributed by atoms with van der Waals surface area (Å²) in [7, 11) is 0. The quantitative estimate of drug-likeness (QED) is 0.402. The standard InChI is InChI=1S/C14H8ClN3O5/c15-8-1-3-9(4-2-8)17-13(19)11(16-14(17)20)7-10-5-6-12(23-10)18(21)22/h1-7H,(H,16,20)/b11-7+. The van der Waals surface area contributed by atoms with Gasteiger partial charge in [0.2, 0.25) is 0 Å². The molecule has 0 radical (unpaired) electrons. The van der Waals surface area contributed by atoms with Gasteiger partial charge in [0.25, 0.3) is 5.91 Å². The van der Waals surface area contributed by atoms with Crippen LogP contribution in [-0.4, -0.2) is 16.9 Å². The van der Waals surface area contributed by atoms with Crippen LogP contribution >= 0.6 is 11.6 Å². The molecule has 3 rings (SSSR count). The van der Waals surface area contributed by atoms with Gasteiger partial charge in [0, 0.05) is 11.1 Å². The van der Waals surface area contributed by atoms with Crippen molar-refractivity contribution in [2.24, 2.45) is 0 Å². The van der Waals surface area contributed by atoms with E-state index in [4.69, 9.17) is 16.0 Å². The number of rotatable bonds is 3. The first kappa shape index (κ1) is 14.8. The number of nitrogens with zero attached hydrogens (tertiary/aromatic N) is 2. The van der Waals surface area contributed by atoms with Crippen LogP contribution in [0.15, 0.2) is 46.5 Å². The lowest BCUT2D eigenvalue weighted by Crippen LogP contribution is -2.30. The molecule has 0 atom stereocenters. The third-order valence-corrected chi connectivity index (χ3v) is 3.29. The van der Waals surface area contributed by atoms with Crippen molar-refractivity contribution in [2.75, 3.05) is 4.90 Å². The summed E-state index contributed by atoms with van der Waals surface area (Å²) in [5.74, 6) is -0.974. The van der Waals surface area contributed by atoms with Crippen LogP contribution in [0.2, 0.25) is 5.02 Å². The normalized spacial score (nSPS) is 16.0. The van der Waals surface area contributed by atoms with E-state index < -0.39 is 22.7 Å². The van der Waals surface area contributed by atoms with Crippen LogP contribution in [0.1, 0.15) is 5.76 Å². The van der Waals surface area contributed by atoms with E-state index in [-0.39, 0.29) is 11.5 Å². The first-order valence-corrected chi connectivity index (χ1v) is 6.70. The predicted octanol–water partition coefficient (Wildman–Crippen LogP) is 2.94. The summed E-state index contributed by atoms with van der Waals surface area (Å²) in [5.41, 5.74) is 0.305. The van der Waals surface area contributed by atoms with Gasteiger partial charge in [-0.25, -0.2) is 9.69 Å². The lowest BCUT2D eigenvalue weighted by Gasteiger charge is -2.11. The first-order chi connectivity index (χ1) is 11.0. The predicted molar refractivity (Wildman–Crippen MR) is 80.8 cm³/mol. The zero-order valence-electron chi connectivity index (χ0n) is 11.4. The summed E-state index contributed by atoms with van der Waals surface area (Å²) in [6.45, 7) is 0. The smallest absolute Gasteiger partial charge is 0.401 e. The number of imide groups is 1. The van der Waals surface area contributed by atoms with E-state index in [1.54, 1.807) is 12.1 Å². The first-order valence-electron chi connectivity index (χ1n) is 6.32. The Balaban J connectivity index is 1.89. The fourth-order valence-corrected chi connectivity index (χ4v) is 2.15. The Bertz CT molecular complexity index is 840. The van der Waals surface area contributed by atoms with Gasteiger partial charge in [-0.2, -0.15) is 0 Å². The van der Waals surface area contributed by atoms with Gasteiger partial charge in [-0.1, -0.05) is 11.6 Å². The summed E-state index contributed by atoms with van der Waals surface area (Å²) >= 11 is 5.77. The molecule has 1 aliphatic heterocycles. The highest BCUT2D eigenvalue weighted by atomic mass is 35.5. The Morgan fingerprint density at radius 1 is 1.17 bits per heavy atom. The van der Waals surface area contributed by atoms with Crippen molar-refractivity contribution in [2.45, 2.75) is 0 Å². The molecule has 23 heavy (non-hydrogen) atoms. The van der Waals surface area contributed by atoms with Crippen molar-refractivity contribution in [1.82, 2.24) is 5.32 Å². The van der Waals surface area contributed by atoms with Crippen LogP contribution in [0.25, 0.3) is 6.08 Å². The number of halogens is 1. The molecule has 3 amide bonds. The monoisotopic (exact) mass is 333 g/mol. The number of furan rings is 1. The van der Waals surface area contributed by atoms with E-state index >= 15 is 0 Å². The maximum Gasteiger partial charge on any atom is 0.433 e. The van der Waals surface area contributed by atoms with Gasteiger partial charge in [-0.3, -0.25) is 14.9 Å². The molecule has 0 spiro atoms. The number of anilines is 1. The molecule has 1 fully saturated rings. The van der Waals surface area contributed by atoms with E-state index in [2.05, 4.69) is 5.32 Å². The molecule has 116 valence electrons. The Morgan fingerprint density at radius 2 is 1.87 bits per heavy atom. The number of urea groups is 1. The van der Waals surface area contributed by atoms with Gasteiger partial charge in [0.15, 0.2) is 0 Å². The van der Waals surface area contributed by atoms with Gasteiger partial charge in [0.1, 0.15) is 16.4 Å². The molecule has 1 saturated heterocycles. The molecule has 1 aromatic carbocycles. The zero-order valence-corrected chi connectivity index (χ0v) is 12.1. The number of carbonyl (C=O) groups excluding carboxylic acids is 2. The molecular formula is C14H8ClN3O5. The van der Waals surface area contributed by atoms with Crippen LogP contribution in [0.3, 0.4) is 0 Å². The summed E-state index contributed by atoms with van der Waals surface area (Å²) < 4.78 is 4.93. The highest BCUT2D eigenvalue weighted by Gasteiger charge is 2.35. The van der Waals surface area contributed by atoms with Gasteiger partial charge in [0.05, 0.1) is 11.8 Å². The molecule has 1 aromatic heterocycles. The molecule has 0 aliphatic carbocycles. The van der Waals surface area contributed by atoms with Gasteiger partial charge in [-0.15, -0.1) is 0 Å². The maximum atomic E-state index is 12.3. The second-order valence-corrected chi connectivity index (χ2v) is 4.97. The molecule has 1 N–H and O–H groups in total. The van der Waals surface area contributed by atoms with Gasteiger partial charge < -0.3 is 9.73 Å². The van der Waals surface area contributed by atoms with Gasteiger partial charge >= 0.3 is 11.9 Å². The number of benzene rings is 1. The SMILES string of the molecule is O=C1N/C(=C/c2ccc([N+](=O)[O-])o2)C(=O)N1c1ccc(Cl)cc1. The largest absolute Gasteiger partial charge is 0.433 e. The molecule has 0 unspecified atom stereocenters. The molecule has 2 heterocycles. The third-order valence-electron chi connectivity index (χ3n) is 3.04. The average Bonchev–Trinajstić information content (AvgIpc) is 3.07. The molecule has 2 aromatic rings. The van der Waals surface area contributed by atoms with Crippen molar-refractivity contribution in [3.63, 3.8) is 0 Å². The fourth-order valence-electron chi connectivity index (χ4n) is 2.02. The molecule has 1 aliphatic rings. The van der Waals surface area contributed by atoms with E-state index in [0.717, 1.165) is 11.0 Å². The number of hydrogen-bond donors (Lipinski definition) is 1. The van der Waals surface area contributed by atoms with Crippen LogP contribution in [0.4, 0.5) is 16.4 Å². The van der Waals surface area contributed by atoms with Crippen molar-refractivity contribution in [3.05, 3.63) is 63.0 Å². The van der Waals surface area contributed by atoms with Crippen molar-refractivity contribution in [1.29, 1.82) is 0 Å². The van der Waals surface area contributed by atoms with Crippen LogP contribution in [0, 0.1) is 10.1 Å². The minimum atomic E-state index is -0.697. The van der Waals surface area contributed by atoms with Crippen molar-refractivity contribution >= 4 is 41.2 Å². The number of amides is 3. The van der Waals surface area contributed by atoms with E-state index in [1.807, 2.05) is 0 Å². The highest BCUT2D eigenvalue weighted by Crippen LogP contribution is 2.25. The molecule has 0 bridgehead atoms. The average molecular weight is 334 g/mol. The molecule has 8 nitrogen and oxygen atoms in total. The molecule has 9 heteroatoms. The van der Waals surface area contributed by atoms with E-state index in [9.17, 15) is 19.7 Å². The fraction of sp³-hybridized carbons (Fsp3) is 0. The van der Waals surface area contributed by atoms with Crippen molar-refractivity contribution in [3.8, 4) is 0 Å². The van der Waals surface area contributed by atoms with Gasteiger partial charge in [-0.05, 0) is 30.3 Å². The molecular weight excluding hydrogens is 326 g/mol.